The van der Waals surface area contributed by atoms with Gasteiger partial charge in [0.05, 0.1) is 11.0 Å². The zero-order chi connectivity index (χ0) is 13.1. The molecule has 1 heterocycles. The van der Waals surface area contributed by atoms with Crippen molar-refractivity contribution in [3.63, 3.8) is 0 Å². The molecule has 0 aliphatic heterocycles. The van der Waals surface area contributed by atoms with Gasteiger partial charge in [0.15, 0.2) is 0 Å². The highest BCUT2D eigenvalue weighted by Gasteiger charge is 2.04. The highest BCUT2D eigenvalue weighted by atomic mass is 15.1. The third kappa shape index (κ3) is 2.36. The lowest BCUT2D eigenvalue weighted by Gasteiger charge is -2.02. The molecule has 0 spiro atoms. The predicted molar refractivity (Wildman–Crippen MR) is 79.6 cm³/mol. The normalized spacial score (nSPS) is 11.4. The molecule has 3 nitrogen and oxygen atoms in total. The van der Waals surface area contributed by atoms with Crippen molar-refractivity contribution in [1.82, 2.24) is 9.55 Å². The van der Waals surface area contributed by atoms with Crippen molar-refractivity contribution < 1.29 is 0 Å². The lowest BCUT2D eigenvalue weighted by molar-refractivity contribution is 0.867. The summed E-state index contributed by atoms with van der Waals surface area (Å²) in [6, 6.07) is 18.2. The minimum Gasteiger partial charge on any atom is -0.369 e. The van der Waals surface area contributed by atoms with Crippen molar-refractivity contribution in [3.05, 3.63) is 66.2 Å². The molecule has 94 valence electrons. The second-order valence-corrected chi connectivity index (χ2v) is 4.38. The van der Waals surface area contributed by atoms with E-state index in [-0.39, 0.29) is 0 Å². The SMILES string of the molecule is Nc1nc2ccccc2n1C/C=C/c1ccccc1. The maximum absolute atomic E-state index is 5.95. The molecular formula is C16H15N3. The molecule has 0 radical (unpaired) electrons. The van der Waals surface area contributed by atoms with E-state index in [0.717, 1.165) is 17.6 Å². The number of nitrogens with two attached hydrogens (primary N) is 1. The molecule has 0 bridgehead atoms. The molecule has 3 rings (SSSR count). The molecule has 0 aliphatic carbocycles. The van der Waals surface area contributed by atoms with Gasteiger partial charge in [-0.3, -0.25) is 0 Å². The number of anilines is 1. The third-order valence-corrected chi connectivity index (χ3v) is 3.08. The van der Waals surface area contributed by atoms with Gasteiger partial charge in [-0.15, -0.1) is 0 Å². The Morgan fingerprint density at radius 2 is 1.74 bits per heavy atom. The number of para-hydroxylation sites is 2. The molecule has 0 saturated carbocycles. The Morgan fingerprint density at radius 3 is 2.58 bits per heavy atom. The Bertz CT molecular complexity index is 711. The molecule has 19 heavy (non-hydrogen) atoms. The fraction of sp³-hybridized carbons (Fsp3) is 0.0625. The molecule has 0 unspecified atom stereocenters. The number of nitrogen functional groups attached to an aromatic ring is 1. The number of imidazole rings is 1. The summed E-state index contributed by atoms with van der Waals surface area (Å²) >= 11 is 0. The van der Waals surface area contributed by atoms with Gasteiger partial charge in [-0.1, -0.05) is 54.6 Å². The third-order valence-electron chi connectivity index (χ3n) is 3.08. The summed E-state index contributed by atoms with van der Waals surface area (Å²) in [5.74, 6) is 0.555. The quantitative estimate of drug-likeness (QED) is 0.773. The van der Waals surface area contributed by atoms with E-state index < -0.39 is 0 Å². The molecule has 1 aromatic heterocycles. The Hall–Kier alpha value is -2.55. The summed E-state index contributed by atoms with van der Waals surface area (Å²) in [5, 5.41) is 0. The van der Waals surface area contributed by atoms with Crippen LogP contribution in [-0.4, -0.2) is 9.55 Å². The van der Waals surface area contributed by atoms with Crippen LogP contribution in [0, 0.1) is 0 Å². The van der Waals surface area contributed by atoms with E-state index >= 15 is 0 Å². The lowest BCUT2D eigenvalue weighted by atomic mass is 10.2. The van der Waals surface area contributed by atoms with Gasteiger partial charge in [-0.05, 0) is 17.7 Å². The van der Waals surface area contributed by atoms with Crippen molar-refractivity contribution in [3.8, 4) is 0 Å². The number of hydrogen-bond acceptors (Lipinski definition) is 2. The van der Waals surface area contributed by atoms with Gasteiger partial charge in [0, 0.05) is 6.54 Å². The number of aromatic nitrogens is 2. The molecular weight excluding hydrogens is 234 g/mol. The van der Waals surface area contributed by atoms with E-state index in [0.29, 0.717) is 5.95 Å². The van der Waals surface area contributed by atoms with Crippen LogP contribution < -0.4 is 5.73 Å². The zero-order valence-electron chi connectivity index (χ0n) is 10.5. The minimum absolute atomic E-state index is 0.555. The molecule has 0 fully saturated rings. The van der Waals surface area contributed by atoms with E-state index in [2.05, 4.69) is 29.3 Å². The first-order valence-electron chi connectivity index (χ1n) is 6.27. The summed E-state index contributed by atoms with van der Waals surface area (Å²) in [7, 11) is 0. The summed E-state index contributed by atoms with van der Waals surface area (Å²) in [6.45, 7) is 0.723. The van der Waals surface area contributed by atoms with Crippen LogP contribution in [0.15, 0.2) is 60.7 Å². The smallest absolute Gasteiger partial charge is 0.201 e. The van der Waals surface area contributed by atoms with E-state index in [1.807, 2.05) is 47.0 Å². The van der Waals surface area contributed by atoms with E-state index in [1.54, 1.807) is 0 Å². The van der Waals surface area contributed by atoms with Crippen molar-refractivity contribution in [2.45, 2.75) is 6.54 Å². The van der Waals surface area contributed by atoms with Crippen LogP contribution in [0.5, 0.6) is 0 Å². The Labute approximate surface area is 112 Å². The van der Waals surface area contributed by atoms with Crippen LogP contribution >= 0.6 is 0 Å². The molecule has 0 aliphatic rings. The largest absolute Gasteiger partial charge is 0.369 e. The topological polar surface area (TPSA) is 43.8 Å². The average molecular weight is 249 g/mol. The zero-order valence-corrected chi connectivity index (χ0v) is 10.5. The first kappa shape index (κ1) is 11.5. The summed E-state index contributed by atoms with van der Waals surface area (Å²) in [6.07, 6.45) is 4.19. The predicted octanol–water partition coefficient (Wildman–Crippen LogP) is 3.33. The highest BCUT2D eigenvalue weighted by Crippen LogP contribution is 2.17. The van der Waals surface area contributed by atoms with Crippen LogP contribution in [-0.2, 0) is 6.54 Å². The van der Waals surface area contributed by atoms with Crippen LogP contribution in [0.2, 0.25) is 0 Å². The van der Waals surface area contributed by atoms with E-state index in [9.17, 15) is 0 Å². The number of rotatable bonds is 3. The van der Waals surface area contributed by atoms with Crippen molar-refractivity contribution in [2.75, 3.05) is 5.73 Å². The van der Waals surface area contributed by atoms with Crippen molar-refractivity contribution in [2.24, 2.45) is 0 Å². The maximum Gasteiger partial charge on any atom is 0.201 e. The fourth-order valence-electron chi connectivity index (χ4n) is 2.14. The van der Waals surface area contributed by atoms with Crippen molar-refractivity contribution in [1.29, 1.82) is 0 Å². The molecule has 2 aromatic carbocycles. The van der Waals surface area contributed by atoms with Gasteiger partial charge in [-0.25, -0.2) is 4.98 Å². The summed E-state index contributed by atoms with van der Waals surface area (Å²) in [5.41, 5.74) is 9.14. The summed E-state index contributed by atoms with van der Waals surface area (Å²) < 4.78 is 2.01. The van der Waals surface area contributed by atoms with Gasteiger partial charge in [0.1, 0.15) is 0 Å². The first-order chi connectivity index (χ1) is 9.34. The molecule has 3 aromatic rings. The van der Waals surface area contributed by atoms with Gasteiger partial charge in [-0.2, -0.15) is 0 Å². The van der Waals surface area contributed by atoms with E-state index in [4.69, 9.17) is 5.73 Å². The average Bonchev–Trinajstić information content (AvgIpc) is 2.76. The molecule has 0 saturated heterocycles. The summed E-state index contributed by atoms with van der Waals surface area (Å²) in [4.78, 5) is 4.35. The highest BCUT2D eigenvalue weighted by molar-refractivity contribution is 5.78. The molecule has 0 amide bonds. The first-order valence-corrected chi connectivity index (χ1v) is 6.27. The van der Waals surface area contributed by atoms with E-state index in [1.165, 1.54) is 5.56 Å². The number of benzene rings is 2. The number of fused-ring (bicyclic) bond motifs is 1. The number of allylic oxidation sites excluding steroid dienone is 1. The van der Waals surface area contributed by atoms with Crippen molar-refractivity contribution >= 4 is 23.1 Å². The molecule has 2 N–H and O–H groups in total. The number of nitrogens with zero attached hydrogens (tertiary/aromatic N) is 2. The molecule has 3 heteroatoms. The van der Waals surface area contributed by atoms with Gasteiger partial charge < -0.3 is 10.3 Å². The van der Waals surface area contributed by atoms with Crippen LogP contribution in [0.25, 0.3) is 17.1 Å². The Morgan fingerprint density at radius 1 is 1.00 bits per heavy atom. The molecule has 0 atom stereocenters. The van der Waals surface area contributed by atoms with Gasteiger partial charge in [0.25, 0.3) is 0 Å². The Balaban J connectivity index is 1.86. The monoisotopic (exact) mass is 249 g/mol. The Kier molecular flexibility index (Phi) is 3.02. The van der Waals surface area contributed by atoms with Crippen LogP contribution in [0.3, 0.4) is 0 Å². The standard InChI is InChI=1S/C16H15N3/c17-16-18-14-10-4-5-11-15(14)19(16)12-6-9-13-7-2-1-3-8-13/h1-11H,12H2,(H2,17,18)/b9-6+. The maximum atomic E-state index is 5.95. The second kappa shape index (κ2) is 4.98. The van der Waals surface area contributed by atoms with Gasteiger partial charge >= 0.3 is 0 Å². The lowest BCUT2D eigenvalue weighted by Crippen LogP contribution is -2.01. The van der Waals surface area contributed by atoms with Gasteiger partial charge in [0.2, 0.25) is 5.95 Å². The van der Waals surface area contributed by atoms with Crippen LogP contribution in [0.4, 0.5) is 5.95 Å². The fourth-order valence-corrected chi connectivity index (χ4v) is 2.14. The second-order valence-electron chi connectivity index (χ2n) is 4.38. The van der Waals surface area contributed by atoms with Crippen LogP contribution in [0.1, 0.15) is 5.56 Å². The minimum atomic E-state index is 0.555. The number of hydrogen-bond donors (Lipinski definition) is 1.